The molecule has 3 aromatic rings. The van der Waals surface area contributed by atoms with E-state index in [9.17, 15) is 4.79 Å². The van der Waals surface area contributed by atoms with E-state index in [0.717, 1.165) is 55.1 Å². The van der Waals surface area contributed by atoms with Gasteiger partial charge in [-0.15, -0.1) is 0 Å². The molecule has 29 heavy (non-hydrogen) atoms. The van der Waals surface area contributed by atoms with Crippen LogP contribution >= 0.6 is 0 Å². The van der Waals surface area contributed by atoms with Crippen LogP contribution in [0.1, 0.15) is 21.7 Å². The van der Waals surface area contributed by atoms with E-state index in [1.54, 1.807) is 0 Å². The SMILES string of the molecule is O=C(c1cc2ccccc2o1)N1CCOc2ccc(CN3CCOCC3)cc2C1. The summed E-state index contributed by atoms with van der Waals surface area (Å²) in [5, 5.41) is 0.940. The number of fused-ring (bicyclic) bond motifs is 2. The fraction of sp³-hybridized carbons (Fsp3) is 0.348. The molecule has 0 N–H and O–H groups in total. The van der Waals surface area contributed by atoms with Crippen molar-refractivity contribution < 1.29 is 18.7 Å². The molecule has 0 aliphatic carbocycles. The highest BCUT2D eigenvalue weighted by Crippen LogP contribution is 2.27. The van der Waals surface area contributed by atoms with Crippen molar-refractivity contribution in [2.45, 2.75) is 13.1 Å². The summed E-state index contributed by atoms with van der Waals surface area (Å²) in [7, 11) is 0. The van der Waals surface area contributed by atoms with Gasteiger partial charge in [-0.1, -0.05) is 24.3 Å². The Morgan fingerprint density at radius 3 is 2.69 bits per heavy atom. The molecule has 0 atom stereocenters. The Bertz CT molecular complexity index is 990. The monoisotopic (exact) mass is 392 g/mol. The fourth-order valence-electron chi connectivity index (χ4n) is 3.98. The van der Waals surface area contributed by atoms with Crippen molar-refractivity contribution in [2.75, 3.05) is 39.5 Å². The Balaban J connectivity index is 1.36. The lowest BCUT2D eigenvalue weighted by molar-refractivity contribution is 0.0341. The van der Waals surface area contributed by atoms with Gasteiger partial charge in [0.2, 0.25) is 0 Å². The molecule has 2 aromatic carbocycles. The van der Waals surface area contributed by atoms with Crippen LogP contribution in [0.2, 0.25) is 0 Å². The van der Waals surface area contributed by atoms with E-state index in [-0.39, 0.29) is 5.91 Å². The van der Waals surface area contributed by atoms with Crippen molar-refractivity contribution in [3.05, 3.63) is 65.4 Å². The molecular weight excluding hydrogens is 368 g/mol. The topological polar surface area (TPSA) is 55.2 Å². The quantitative estimate of drug-likeness (QED) is 0.685. The molecule has 150 valence electrons. The van der Waals surface area contributed by atoms with Crippen LogP contribution in [-0.2, 0) is 17.8 Å². The molecule has 1 fully saturated rings. The molecule has 0 saturated carbocycles. The van der Waals surface area contributed by atoms with Crippen molar-refractivity contribution in [1.29, 1.82) is 0 Å². The highest BCUT2D eigenvalue weighted by atomic mass is 16.5. The summed E-state index contributed by atoms with van der Waals surface area (Å²) in [5.41, 5.74) is 3.00. The van der Waals surface area contributed by atoms with Crippen LogP contribution in [0.25, 0.3) is 11.0 Å². The maximum atomic E-state index is 13.1. The number of carbonyl (C=O) groups is 1. The smallest absolute Gasteiger partial charge is 0.290 e. The molecular formula is C23H24N2O4. The molecule has 6 nitrogen and oxygen atoms in total. The van der Waals surface area contributed by atoms with Gasteiger partial charge in [-0.2, -0.15) is 0 Å². The normalized spacial score (nSPS) is 17.6. The van der Waals surface area contributed by atoms with Crippen LogP contribution in [0.5, 0.6) is 5.75 Å². The van der Waals surface area contributed by atoms with Gasteiger partial charge in [0.25, 0.3) is 5.91 Å². The average molecular weight is 392 g/mol. The molecule has 0 bridgehead atoms. The summed E-state index contributed by atoms with van der Waals surface area (Å²) in [6.45, 7) is 5.87. The Morgan fingerprint density at radius 2 is 1.83 bits per heavy atom. The van der Waals surface area contributed by atoms with Gasteiger partial charge in [0, 0.05) is 37.1 Å². The molecule has 0 unspecified atom stereocenters. The van der Waals surface area contributed by atoms with Crippen LogP contribution in [0.15, 0.2) is 52.9 Å². The maximum Gasteiger partial charge on any atom is 0.290 e. The summed E-state index contributed by atoms with van der Waals surface area (Å²) in [6.07, 6.45) is 0. The summed E-state index contributed by atoms with van der Waals surface area (Å²) in [6, 6.07) is 15.8. The first kappa shape index (κ1) is 18.2. The number of amides is 1. The number of hydrogen-bond donors (Lipinski definition) is 0. The molecule has 0 spiro atoms. The number of benzene rings is 2. The summed E-state index contributed by atoms with van der Waals surface area (Å²) in [4.78, 5) is 17.3. The lowest BCUT2D eigenvalue weighted by atomic mass is 10.1. The minimum atomic E-state index is -0.101. The van der Waals surface area contributed by atoms with Crippen molar-refractivity contribution >= 4 is 16.9 Å². The number of nitrogens with zero attached hydrogens (tertiary/aromatic N) is 2. The molecule has 3 heterocycles. The van der Waals surface area contributed by atoms with Crippen LogP contribution < -0.4 is 4.74 Å². The summed E-state index contributed by atoms with van der Waals surface area (Å²) < 4.78 is 17.1. The fourth-order valence-corrected chi connectivity index (χ4v) is 3.98. The molecule has 1 aromatic heterocycles. The largest absolute Gasteiger partial charge is 0.491 e. The molecule has 2 aliphatic heterocycles. The van der Waals surface area contributed by atoms with Crippen molar-refractivity contribution in [2.24, 2.45) is 0 Å². The third kappa shape index (κ3) is 3.86. The molecule has 1 amide bonds. The second kappa shape index (κ2) is 7.89. The predicted molar refractivity (Wildman–Crippen MR) is 109 cm³/mol. The number of hydrogen-bond acceptors (Lipinski definition) is 5. The zero-order chi connectivity index (χ0) is 19.6. The van der Waals surface area contributed by atoms with E-state index >= 15 is 0 Å². The number of carbonyl (C=O) groups excluding carboxylic acids is 1. The van der Waals surface area contributed by atoms with Crippen molar-refractivity contribution in [1.82, 2.24) is 9.80 Å². The molecule has 5 rings (SSSR count). The van der Waals surface area contributed by atoms with E-state index in [1.165, 1.54) is 5.56 Å². The minimum absolute atomic E-state index is 0.101. The Kier molecular flexibility index (Phi) is 4.96. The summed E-state index contributed by atoms with van der Waals surface area (Å²) in [5.74, 6) is 1.13. The number of morpholine rings is 1. The predicted octanol–water partition coefficient (Wildman–Crippen LogP) is 3.30. The third-order valence-corrected chi connectivity index (χ3v) is 5.54. The van der Waals surface area contributed by atoms with Crippen LogP contribution in [-0.4, -0.2) is 55.2 Å². The Hall–Kier alpha value is -2.83. The van der Waals surface area contributed by atoms with Gasteiger partial charge in [-0.05, 0) is 29.8 Å². The van der Waals surface area contributed by atoms with E-state index < -0.39 is 0 Å². The Labute approximate surface area is 169 Å². The first-order valence-corrected chi connectivity index (χ1v) is 10.1. The zero-order valence-electron chi connectivity index (χ0n) is 16.3. The average Bonchev–Trinajstić information content (AvgIpc) is 3.07. The lowest BCUT2D eigenvalue weighted by Crippen LogP contribution is -2.35. The summed E-state index contributed by atoms with van der Waals surface area (Å²) >= 11 is 0. The van der Waals surface area contributed by atoms with Crippen molar-refractivity contribution in [3.8, 4) is 5.75 Å². The van der Waals surface area contributed by atoms with Gasteiger partial charge in [-0.3, -0.25) is 9.69 Å². The van der Waals surface area contributed by atoms with Crippen LogP contribution in [0.4, 0.5) is 0 Å². The first-order chi connectivity index (χ1) is 14.3. The van der Waals surface area contributed by atoms with E-state index in [4.69, 9.17) is 13.9 Å². The molecule has 6 heteroatoms. The third-order valence-electron chi connectivity index (χ3n) is 5.54. The van der Waals surface area contributed by atoms with E-state index in [0.29, 0.717) is 25.5 Å². The van der Waals surface area contributed by atoms with E-state index in [1.807, 2.05) is 41.3 Å². The zero-order valence-corrected chi connectivity index (χ0v) is 16.3. The van der Waals surface area contributed by atoms with Gasteiger partial charge in [-0.25, -0.2) is 0 Å². The molecule has 0 radical (unpaired) electrons. The van der Waals surface area contributed by atoms with Gasteiger partial charge in [0.15, 0.2) is 5.76 Å². The number of furan rings is 1. The van der Waals surface area contributed by atoms with Gasteiger partial charge in [0.1, 0.15) is 17.9 Å². The lowest BCUT2D eigenvalue weighted by Gasteiger charge is -2.27. The highest BCUT2D eigenvalue weighted by molar-refractivity contribution is 5.96. The second-order valence-corrected chi connectivity index (χ2v) is 7.55. The van der Waals surface area contributed by atoms with E-state index in [2.05, 4.69) is 17.0 Å². The van der Waals surface area contributed by atoms with Gasteiger partial charge < -0.3 is 18.8 Å². The standard InChI is InChI=1S/C23H24N2O4/c26-23(22-14-18-3-1-2-4-21(18)29-22)25-9-12-28-20-6-5-17(13-19(20)16-25)15-24-7-10-27-11-8-24/h1-6,13-14H,7-12,15-16H2. The minimum Gasteiger partial charge on any atom is -0.491 e. The molecule has 1 saturated heterocycles. The highest BCUT2D eigenvalue weighted by Gasteiger charge is 2.24. The van der Waals surface area contributed by atoms with Gasteiger partial charge in [0.05, 0.1) is 19.8 Å². The van der Waals surface area contributed by atoms with Gasteiger partial charge >= 0.3 is 0 Å². The Morgan fingerprint density at radius 1 is 0.966 bits per heavy atom. The number of rotatable bonds is 3. The van der Waals surface area contributed by atoms with Crippen LogP contribution in [0.3, 0.4) is 0 Å². The molecule has 2 aliphatic rings. The van der Waals surface area contributed by atoms with Crippen LogP contribution in [0, 0.1) is 0 Å². The van der Waals surface area contributed by atoms with Crippen molar-refractivity contribution in [3.63, 3.8) is 0 Å². The number of para-hydroxylation sites is 1. The number of ether oxygens (including phenoxy) is 2. The second-order valence-electron chi connectivity index (χ2n) is 7.55. The first-order valence-electron chi connectivity index (χ1n) is 10.1. The maximum absolute atomic E-state index is 13.1.